The number of para-hydroxylation sites is 1. The van der Waals surface area contributed by atoms with Crippen LogP contribution in [0.4, 0.5) is 8.78 Å². The Kier molecular flexibility index (Phi) is 6.00. The van der Waals surface area contributed by atoms with Crippen LogP contribution in [-0.2, 0) is 13.0 Å². The number of hydrogen-bond acceptors (Lipinski definition) is 4. The molecule has 2 unspecified atom stereocenters. The smallest absolute Gasteiger partial charge is 0.272 e. The van der Waals surface area contributed by atoms with Crippen LogP contribution < -0.4 is 5.32 Å². The molecule has 3 aromatic heterocycles. The Labute approximate surface area is 242 Å². The molecule has 2 aliphatic heterocycles. The zero-order valence-corrected chi connectivity index (χ0v) is 23.5. The van der Waals surface area contributed by atoms with Crippen molar-refractivity contribution >= 4 is 16.8 Å². The molecule has 2 aliphatic carbocycles. The summed E-state index contributed by atoms with van der Waals surface area (Å²) >= 11 is 0. The number of carbonyl (C=O) groups excluding carboxylic acids is 1. The van der Waals surface area contributed by atoms with Gasteiger partial charge in [-0.05, 0) is 62.6 Å². The number of nitrogens with zero attached hydrogens (tertiary/aromatic N) is 5. The van der Waals surface area contributed by atoms with E-state index in [1.807, 2.05) is 10.7 Å². The minimum absolute atomic E-state index is 0.165. The number of amides is 1. The normalized spacial score (nSPS) is 25.8. The summed E-state index contributed by atoms with van der Waals surface area (Å²) in [5.41, 5.74) is 2.88. The van der Waals surface area contributed by atoms with Gasteiger partial charge in [-0.1, -0.05) is 18.1 Å². The number of H-pyrrole nitrogens is 1. The molecule has 0 radical (unpaired) electrons. The third-order valence-corrected chi connectivity index (χ3v) is 9.54. The van der Waals surface area contributed by atoms with Gasteiger partial charge in [0.1, 0.15) is 17.9 Å². The second-order valence-corrected chi connectivity index (χ2v) is 12.5. The van der Waals surface area contributed by atoms with E-state index in [2.05, 4.69) is 44.2 Å². The summed E-state index contributed by atoms with van der Waals surface area (Å²) in [6.45, 7) is 2.36. The maximum atomic E-state index is 15.8. The van der Waals surface area contributed by atoms with Crippen LogP contribution in [0.25, 0.3) is 10.9 Å². The number of piperidine rings is 1. The number of hydrogen-bond donors (Lipinski definition) is 2. The van der Waals surface area contributed by atoms with Gasteiger partial charge in [0.2, 0.25) is 0 Å². The van der Waals surface area contributed by atoms with Crippen molar-refractivity contribution in [3.05, 3.63) is 70.9 Å². The molecule has 1 amide bonds. The standard InChI is InChI=1S/C32H33F2N7O/c1-39-14-18-6-7-19(15-39)23(18)11-10-22-13-26(38-41(22)21-8-9-21)32(42)37-31(29-27-12-20(33)16-40(27)17-35-29)30-28(34)24-4-2-3-5-25(24)36-30/h2-5,13,17-21,23,31,36H,6-9,12,14-16H2,1H3,(H,37,42)/t18-,19+,20-,23?,31?/m1/s1. The van der Waals surface area contributed by atoms with E-state index < -0.39 is 23.9 Å². The summed E-state index contributed by atoms with van der Waals surface area (Å²) < 4.78 is 33.7. The van der Waals surface area contributed by atoms with Crippen LogP contribution in [0.1, 0.15) is 71.0 Å². The molecule has 10 heteroatoms. The van der Waals surface area contributed by atoms with Crippen LogP contribution in [0.15, 0.2) is 36.7 Å². The first-order valence-electron chi connectivity index (χ1n) is 15.0. The monoisotopic (exact) mass is 569 g/mol. The average Bonchev–Trinajstić information content (AvgIpc) is 3.19. The Bertz CT molecular complexity index is 1740. The van der Waals surface area contributed by atoms with Gasteiger partial charge >= 0.3 is 0 Å². The molecule has 1 aromatic carbocycles. The molecule has 8 nitrogen and oxygen atoms in total. The van der Waals surface area contributed by atoms with E-state index in [4.69, 9.17) is 0 Å². The van der Waals surface area contributed by atoms with Crippen molar-refractivity contribution in [3.8, 4) is 11.8 Å². The molecule has 2 N–H and O–H groups in total. The molecule has 3 fully saturated rings. The summed E-state index contributed by atoms with van der Waals surface area (Å²) in [5, 5.41) is 8.10. The molecule has 216 valence electrons. The molecular weight excluding hydrogens is 536 g/mol. The minimum atomic E-state index is -1.04. The summed E-state index contributed by atoms with van der Waals surface area (Å²) in [6, 6.07) is 8.12. The maximum Gasteiger partial charge on any atom is 0.272 e. The summed E-state index contributed by atoms with van der Waals surface area (Å²) in [4.78, 5) is 23.9. The molecule has 1 saturated heterocycles. The number of alkyl halides is 1. The third-order valence-electron chi connectivity index (χ3n) is 9.54. The van der Waals surface area contributed by atoms with Gasteiger partial charge in [0.25, 0.3) is 5.91 Å². The summed E-state index contributed by atoms with van der Waals surface area (Å²) in [5.74, 6) is 7.61. The number of likely N-dealkylation sites (tertiary alicyclic amines) is 1. The topological polar surface area (TPSA) is 83.8 Å². The Balaban J connectivity index is 1.13. The fraction of sp³-hybridized carbons (Fsp3) is 0.469. The molecule has 2 bridgehead atoms. The highest BCUT2D eigenvalue weighted by Crippen LogP contribution is 2.41. The second-order valence-electron chi connectivity index (χ2n) is 12.5. The second kappa shape index (κ2) is 9.80. The molecule has 42 heavy (non-hydrogen) atoms. The van der Waals surface area contributed by atoms with E-state index in [1.165, 1.54) is 12.8 Å². The first-order valence-corrected chi connectivity index (χ1v) is 15.0. The lowest BCUT2D eigenvalue weighted by Gasteiger charge is -2.33. The van der Waals surface area contributed by atoms with Crippen molar-refractivity contribution in [3.63, 3.8) is 0 Å². The number of aromatic nitrogens is 5. The SMILES string of the molecule is CN1C[C@H]2CC[C@@H](C1)C2C#Cc1cc(C(=O)NC(c2ncn3c2C[C@@H](F)C3)c2[nH]c3ccccc3c2F)nn1C1CC1. The Morgan fingerprint density at radius 2 is 1.93 bits per heavy atom. The fourth-order valence-corrected chi connectivity index (χ4v) is 7.39. The number of fused-ring (bicyclic) bond motifs is 4. The predicted molar refractivity (Wildman–Crippen MR) is 153 cm³/mol. The van der Waals surface area contributed by atoms with Crippen LogP contribution in [0.5, 0.6) is 0 Å². The molecule has 0 spiro atoms. The number of imidazole rings is 1. The highest BCUT2D eigenvalue weighted by Gasteiger charge is 2.40. The first-order chi connectivity index (χ1) is 20.4. The summed E-state index contributed by atoms with van der Waals surface area (Å²) in [7, 11) is 2.19. The van der Waals surface area contributed by atoms with Gasteiger partial charge in [0.15, 0.2) is 11.5 Å². The van der Waals surface area contributed by atoms with Crippen molar-refractivity contribution in [2.24, 2.45) is 17.8 Å². The van der Waals surface area contributed by atoms with Gasteiger partial charge < -0.3 is 19.8 Å². The molecule has 4 aliphatic rings. The van der Waals surface area contributed by atoms with Gasteiger partial charge in [-0.2, -0.15) is 5.10 Å². The Hall–Kier alpha value is -3.97. The van der Waals surface area contributed by atoms with Crippen molar-refractivity contribution in [2.75, 3.05) is 20.1 Å². The number of carbonyl (C=O) groups is 1. The fourth-order valence-electron chi connectivity index (χ4n) is 7.39. The van der Waals surface area contributed by atoms with Crippen LogP contribution >= 0.6 is 0 Å². The molecule has 2 saturated carbocycles. The lowest BCUT2D eigenvalue weighted by molar-refractivity contribution is 0.0935. The average molecular weight is 570 g/mol. The van der Waals surface area contributed by atoms with Crippen molar-refractivity contribution in [1.29, 1.82) is 0 Å². The number of rotatable bonds is 5. The van der Waals surface area contributed by atoms with Crippen LogP contribution in [0.3, 0.4) is 0 Å². The van der Waals surface area contributed by atoms with E-state index in [-0.39, 0.29) is 30.4 Å². The zero-order chi connectivity index (χ0) is 28.5. The molecule has 8 rings (SSSR count). The first kappa shape index (κ1) is 25.7. The predicted octanol–water partition coefficient (Wildman–Crippen LogP) is 4.39. The highest BCUT2D eigenvalue weighted by molar-refractivity contribution is 5.93. The van der Waals surface area contributed by atoms with Gasteiger partial charge in [-0.15, -0.1) is 0 Å². The lowest BCUT2D eigenvalue weighted by atomic mass is 9.86. The van der Waals surface area contributed by atoms with Crippen molar-refractivity contribution in [1.82, 2.24) is 34.5 Å². The molecular formula is C32H33F2N7O. The van der Waals surface area contributed by atoms with E-state index in [1.54, 1.807) is 35.2 Å². The molecule has 4 aromatic rings. The van der Waals surface area contributed by atoms with Crippen molar-refractivity contribution in [2.45, 2.75) is 56.9 Å². The van der Waals surface area contributed by atoms with Crippen LogP contribution in [0, 0.1) is 35.4 Å². The van der Waals surface area contributed by atoms with Gasteiger partial charge in [-0.25, -0.2) is 13.8 Å². The van der Waals surface area contributed by atoms with E-state index in [0.717, 1.165) is 31.6 Å². The van der Waals surface area contributed by atoms with E-state index in [0.29, 0.717) is 40.0 Å². The third kappa shape index (κ3) is 4.33. The van der Waals surface area contributed by atoms with Gasteiger partial charge in [0, 0.05) is 48.1 Å². The zero-order valence-electron chi connectivity index (χ0n) is 23.5. The largest absolute Gasteiger partial charge is 0.354 e. The summed E-state index contributed by atoms with van der Waals surface area (Å²) in [6.07, 6.45) is 5.14. The lowest BCUT2D eigenvalue weighted by Crippen LogP contribution is -2.38. The number of benzene rings is 1. The van der Waals surface area contributed by atoms with E-state index in [9.17, 15) is 9.18 Å². The van der Waals surface area contributed by atoms with Crippen LogP contribution in [-0.4, -0.2) is 61.4 Å². The number of nitrogens with one attached hydrogen (secondary N) is 2. The number of halogens is 2. The maximum absolute atomic E-state index is 15.8. The Morgan fingerprint density at radius 3 is 2.69 bits per heavy atom. The molecule has 5 heterocycles. The Morgan fingerprint density at radius 1 is 1.14 bits per heavy atom. The van der Waals surface area contributed by atoms with Crippen molar-refractivity contribution < 1.29 is 13.6 Å². The molecule has 5 atom stereocenters. The van der Waals surface area contributed by atoms with Gasteiger partial charge in [0.05, 0.1) is 30.3 Å². The highest BCUT2D eigenvalue weighted by atomic mass is 19.1. The number of aromatic amines is 1. The minimum Gasteiger partial charge on any atom is -0.354 e. The van der Waals surface area contributed by atoms with Crippen LogP contribution in [0.2, 0.25) is 0 Å². The van der Waals surface area contributed by atoms with E-state index >= 15 is 4.39 Å². The quantitative estimate of drug-likeness (QED) is 0.350. The van der Waals surface area contributed by atoms with Gasteiger partial charge in [-0.3, -0.25) is 9.48 Å².